The standard InChI is InChI=1S/C23H24Cl2N4O2S/c1-3-12-32-23(27)29-19-10-8-14(24)13-16(19)21(15-6-4-5-7-17(15)25)28-18(22(29)26)9-11-20(30)31-2/h4-8,10,13,18,26-27H,3,9,11-12H2,1-2H3/t18-/m0/s1. The van der Waals surface area contributed by atoms with Crippen molar-refractivity contribution in [2.75, 3.05) is 17.8 Å². The monoisotopic (exact) mass is 490 g/mol. The number of carbonyl (C=O) groups excluding carboxylic acids is 1. The second kappa shape index (κ2) is 11.0. The number of nitrogens with zero attached hydrogens (tertiary/aromatic N) is 2. The predicted octanol–water partition coefficient (Wildman–Crippen LogP) is 6.03. The Bertz CT molecular complexity index is 1070. The maximum absolute atomic E-state index is 11.8. The van der Waals surface area contributed by atoms with Crippen molar-refractivity contribution in [2.24, 2.45) is 4.99 Å². The Morgan fingerprint density at radius 3 is 2.66 bits per heavy atom. The number of halogens is 2. The van der Waals surface area contributed by atoms with E-state index in [9.17, 15) is 4.79 Å². The van der Waals surface area contributed by atoms with Gasteiger partial charge in [-0.3, -0.25) is 25.5 Å². The highest BCUT2D eigenvalue weighted by molar-refractivity contribution is 8.14. The zero-order valence-electron chi connectivity index (χ0n) is 17.8. The molecule has 1 aliphatic rings. The van der Waals surface area contributed by atoms with E-state index in [4.69, 9.17) is 43.7 Å². The number of hydrogen-bond donors (Lipinski definition) is 2. The predicted molar refractivity (Wildman–Crippen MR) is 134 cm³/mol. The SMILES string of the molecule is CCCSC(=N)N1C(=N)[C@H](CCC(=O)OC)N=C(c2ccccc2Cl)c2cc(Cl)ccc21. The first-order chi connectivity index (χ1) is 15.4. The lowest BCUT2D eigenvalue weighted by atomic mass is 10.00. The van der Waals surface area contributed by atoms with E-state index >= 15 is 0 Å². The highest BCUT2D eigenvalue weighted by Gasteiger charge is 2.32. The molecule has 32 heavy (non-hydrogen) atoms. The number of rotatable bonds is 6. The number of carbonyl (C=O) groups is 1. The quantitative estimate of drug-likeness (QED) is 0.293. The lowest BCUT2D eigenvalue weighted by Gasteiger charge is -2.27. The van der Waals surface area contributed by atoms with Gasteiger partial charge in [0.05, 0.1) is 18.5 Å². The molecule has 6 nitrogen and oxygen atoms in total. The summed E-state index contributed by atoms with van der Waals surface area (Å²) in [7, 11) is 1.33. The van der Waals surface area contributed by atoms with Gasteiger partial charge in [0.15, 0.2) is 5.17 Å². The average Bonchev–Trinajstić information content (AvgIpc) is 2.90. The van der Waals surface area contributed by atoms with Crippen molar-refractivity contribution in [1.29, 1.82) is 10.8 Å². The normalized spacial score (nSPS) is 15.6. The van der Waals surface area contributed by atoms with Crippen molar-refractivity contribution in [3.8, 4) is 0 Å². The van der Waals surface area contributed by atoms with Gasteiger partial charge in [-0.15, -0.1) is 0 Å². The second-order valence-electron chi connectivity index (χ2n) is 7.12. The smallest absolute Gasteiger partial charge is 0.305 e. The second-order valence-corrected chi connectivity index (χ2v) is 9.05. The van der Waals surface area contributed by atoms with Crippen LogP contribution < -0.4 is 4.90 Å². The third-order valence-electron chi connectivity index (χ3n) is 4.92. The Balaban J connectivity index is 2.20. The molecule has 1 aliphatic heterocycles. The Hall–Kier alpha value is -2.35. The summed E-state index contributed by atoms with van der Waals surface area (Å²) in [6.07, 6.45) is 1.27. The summed E-state index contributed by atoms with van der Waals surface area (Å²) >= 11 is 14.2. The molecule has 1 atom stereocenters. The maximum atomic E-state index is 11.8. The number of anilines is 1. The molecule has 9 heteroatoms. The zero-order valence-corrected chi connectivity index (χ0v) is 20.2. The summed E-state index contributed by atoms with van der Waals surface area (Å²) in [5.74, 6) is 0.489. The fourth-order valence-corrected chi connectivity index (χ4v) is 4.49. The van der Waals surface area contributed by atoms with E-state index in [2.05, 4.69) is 0 Å². The number of methoxy groups -OCH3 is 1. The van der Waals surface area contributed by atoms with Crippen LogP contribution in [0.1, 0.15) is 37.3 Å². The Kier molecular flexibility index (Phi) is 8.34. The summed E-state index contributed by atoms with van der Waals surface area (Å²) in [6.45, 7) is 2.04. The maximum Gasteiger partial charge on any atom is 0.305 e. The minimum Gasteiger partial charge on any atom is -0.469 e. The van der Waals surface area contributed by atoms with Crippen LogP contribution in [0.4, 0.5) is 5.69 Å². The molecule has 2 N–H and O–H groups in total. The van der Waals surface area contributed by atoms with Crippen molar-refractivity contribution >= 4 is 63.3 Å². The number of aliphatic imine (C=N–C) groups is 1. The first-order valence-corrected chi connectivity index (χ1v) is 11.9. The number of ether oxygens (including phenoxy) is 1. The van der Waals surface area contributed by atoms with Gasteiger partial charge in [-0.25, -0.2) is 0 Å². The number of amidine groups is 2. The van der Waals surface area contributed by atoms with Gasteiger partial charge in [0.25, 0.3) is 0 Å². The van der Waals surface area contributed by atoms with Crippen LogP contribution in [0.5, 0.6) is 0 Å². The molecule has 0 unspecified atom stereocenters. The van der Waals surface area contributed by atoms with Crippen LogP contribution in [0.3, 0.4) is 0 Å². The molecule has 168 valence electrons. The van der Waals surface area contributed by atoms with E-state index in [1.165, 1.54) is 18.9 Å². The van der Waals surface area contributed by atoms with Gasteiger partial charge >= 0.3 is 5.97 Å². The van der Waals surface area contributed by atoms with E-state index in [1.807, 2.05) is 25.1 Å². The molecule has 0 bridgehead atoms. The minimum atomic E-state index is -0.672. The Morgan fingerprint density at radius 2 is 1.97 bits per heavy atom. The van der Waals surface area contributed by atoms with E-state index < -0.39 is 6.04 Å². The molecule has 3 rings (SSSR count). The lowest BCUT2D eigenvalue weighted by molar-refractivity contribution is -0.140. The van der Waals surface area contributed by atoms with Gasteiger partial charge in [0, 0.05) is 33.3 Å². The number of benzene rings is 2. The topological polar surface area (TPSA) is 89.6 Å². The Morgan fingerprint density at radius 1 is 1.22 bits per heavy atom. The average molecular weight is 491 g/mol. The molecular weight excluding hydrogens is 467 g/mol. The fraction of sp³-hybridized carbons (Fsp3) is 0.304. The number of esters is 1. The summed E-state index contributed by atoms with van der Waals surface area (Å²) in [5.41, 5.74) is 2.58. The van der Waals surface area contributed by atoms with Crippen molar-refractivity contribution < 1.29 is 9.53 Å². The van der Waals surface area contributed by atoms with Gasteiger partial charge in [-0.05, 0) is 37.1 Å². The zero-order chi connectivity index (χ0) is 23.3. The van der Waals surface area contributed by atoms with E-state index in [0.29, 0.717) is 32.6 Å². The van der Waals surface area contributed by atoms with Crippen LogP contribution in [-0.4, -0.2) is 41.6 Å². The third kappa shape index (κ3) is 5.34. The lowest BCUT2D eigenvalue weighted by Crippen LogP contribution is -2.40. The van der Waals surface area contributed by atoms with Crippen molar-refractivity contribution in [3.63, 3.8) is 0 Å². The molecule has 2 aromatic carbocycles. The molecular formula is C23H24Cl2N4O2S. The third-order valence-corrected chi connectivity index (χ3v) is 6.55. The highest BCUT2D eigenvalue weighted by atomic mass is 35.5. The molecule has 0 aromatic heterocycles. The number of fused-ring (bicyclic) bond motifs is 1. The highest BCUT2D eigenvalue weighted by Crippen LogP contribution is 2.35. The number of hydrogen-bond acceptors (Lipinski definition) is 6. The van der Waals surface area contributed by atoms with Crippen molar-refractivity contribution in [2.45, 2.75) is 32.2 Å². The van der Waals surface area contributed by atoms with Crippen LogP contribution in [0.15, 0.2) is 47.5 Å². The van der Waals surface area contributed by atoms with Crippen LogP contribution >= 0.6 is 35.0 Å². The molecule has 0 aliphatic carbocycles. The number of thioether (sulfide) groups is 1. The number of nitrogens with one attached hydrogen (secondary N) is 2. The van der Waals surface area contributed by atoms with Crippen LogP contribution in [0.25, 0.3) is 0 Å². The summed E-state index contributed by atoms with van der Waals surface area (Å²) < 4.78 is 4.79. The number of benzodiazepines with no additional fused rings is 1. The van der Waals surface area contributed by atoms with Gasteiger partial charge in [0.1, 0.15) is 11.9 Å². The molecule has 0 saturated carbocycles. The minimum absolute atomic E-state index is 0.100. The largest absolute Gasteiger partial charge is 0.469 e. The fourth-order valence-electron chi connectivity index (χ4n) is 3.37. The van der Waals surface area contributed by atoms with Crippen LogP contribution in [0.2, 0.25) is 10.0 Å². The molecule has 0 amide bonds. The first-order valence-electron chi connectivity index (χ1n) is 10.2. The van der Waals surface area contributed by atoms with Crippen molar-refractivity contribution in [1.82, 2.24) is 0 Å². The van der Waals surface area contributed by atoms with E-state index in [1.54, 1.807) is 29.2 Å². The summed E-state index contributed by atoms with van der Waals surface area (Å²) in [5, 5.41) is 18.9. The molecule has 0 saturated heterocycles. The molecule has 0 radical (unpaired) electrons. The van der Waals surface area contributed by atoms with Gasteiger partial charge in [-0.1, -0.05) is 60.1 Å². The molecule has 0 fully saturated rings. The summed E-state index contributed by atoms with van der Waals surface area (Å²) in [6, 6.07) is 12.0. The van der Waals surface area contributed by atoms with Crippen LogP contribution in [-0.2, 0) is 9.53 Å². The molecule has 2 aromatic rings. The van der Waals surface area contributed by atoms with Gasteiger partial charge < -0.3 is 4.74 Å². The van der Waals surface area contributed by atoms with E-state index in [0.717, 1.165) is 12.2 Å². The Labute approximate surface area is 202 Å². The molecule has 1 heterocycles. The summed E-state index contributed by atoms with van der Waals surface area (Å²) in [4.78, 5) is 18.3. The van der Waals surface area contributed by atoms with Gasteiger partial charge in [-0.2, -0.15) is 0 Å². The van der Waals surface area contributed by atoms with Crippen LogP contribution in [0, 0.1) is 10.8 Å². The first kappa shape index (κ1) is 24.3. The van der Waals surface area contributed by atoms with Crippen molar-refractivity contribution in [3.05, 3.63) is 63.6 Å². The molecule has 0 spiro atoms. The van der Waals surface area contributed by atoms with E-state index in [-0.39, 0.29) is 29.8 Å². The van der Waals surface area contributed by atoms with Gasteiger partial charge in [0.2, 0.25) is 0 Å².